The monoisotopic (exact) mass is 613 g/mol. The van der Waals surface area contributed by atoms with Gasteiger partial charge in [-0.3, -0.25) is 9.36 Å². The van der Waals surface area contributed by atoms with Gasteiger partial charge >= 0.3 is 0 Å². The Morgan fingerprint density at radius 3 is 2.42 bits per heavy atom. The van der Waals surface area contributed by atoms with Gasteiger partial charge in [0.1, 0.15) is 12.4 Å². The molecular weight excluding hydrogens is 586 g/mol. The number of hydrogen-bond acceptors (Lipinski definition) is 8. The van der Waals surface area contributed by atoms with Crippen LogP contribution < -0.4 is 19.6 Å². The number of thioether (sulfide) groups is 1. The van der Waals surface area contributed by atoms with Crippen molar-refractivity contribution in [2.45, 2.75) is 11.8 Å². The van der Waals surface area contributed by atoms with Crippen LogP contribution in [0.3, 0.4) is 0 Å². The average Bonchev–Trinajstić information content (AvgIpc) is 3.48. The molecule has 0 saturated heterocycles. The summed E-state index contributed by atoms with van der Waals surface area (Å²) in [7, 11) is 3.19. The Morgan fingerprint density at radius 1 is 0.930 bits per heavy atom. The average molecular weight is 614 g/mol. The van der Waals surface area contributed by atoms with Crippen molar-refractivity contribution < 1.29 is 19.0 Å². The van der Waals surface area contributed by atoms with E-state index in [9.17, 15) is 4.79 Å². The molecule has 1 amide bonds. The minimum Gasteiger partial charge on any atom is -0.497 e. The summed E-state index contributed by atoms with van der Waals surface area (Å²) in [5.41, 5.74) is 6.02. The molecule has 43 heavy (non-hydrogen) atoms. The van der Waals surface area contributed by atoms with Gasteiger partial charge in [-0.05, 0) is 77.9 Å². The number of benzene rings is 4. The molecule has 0 spiro atoms. The van der Waals surface area contributed by atoms with Gasteiger partial charge in [-0.25, -0.2) is 5.43 Å². The Balaban J connectivity index is 1.23. The van der Waals surface area contributed by atoms with Crippen LogP contribution in [0, 0.1) is 0 Å². The van der Waals surface area contributed by atoms with E-state index >= 15 is 0 Å². The van der Waals surface area contributed by atoms with E-state index < -0.39 is 0 Å². The molecule has 0 fully saturated rings. The van der Waals surface area contributed by atoms with Crippen molar-refractivity contribution in [3.05, 3.63) is 113 Å². The molecule has 5 aromatic rings. The van der Waals surface area contributed by atoms with Crippen LogP contribution in [0.15, 0.2) is 107 Å². The van der Waals surface area contributed by atoms with E-state index in [1.54, 1.807) is 38.6 Å². The molecule has 0 aliphatic rings. The van der Waals surface area contributed by atoms with Crippen LogP contribution in [0.5, 0.6) is 17.2 Å². The van der Waals surface area contributed by atoms with E-state index in [-0.39, 0.29) is 11.7 Å². The normalized spacial score (nSPS) is 11.0. The van der Waals surface area contributed by atoms with Crippen LogP contribution in [0.4, 0.5) is 0 Å². The minimum absolute atomic E-state index is 0.0707. The van der Waals surface area contributed by atoms with Crippen molar-refractivity contribution in [2.75, 3.05) is 20.0 Å². The molecule has 1 aromatic heterocycles. The zero-order chi connectivity index (χ0) is 30.0. The zero-order valence-corrected chi connectivity index (χ0v) is 25.0. The van der Waals surface area contributed by atoms with Crippen LogP contribution >= 0.6 is 23.4 Å². The Hall–Kier alpha value is -4.80. The van der Waals surface area contributed by atoms with Gasteiger partial charge in [0.15, 0.2) is 22.5 Å². The van der Waals surface area contributed by atoms with Crippen molar-refractivity contribution in [2.24, 2.45) is 5.10 Å². The lowest BCUT2D eigenvalue weighted by molar-refractivity contribution is -0.118. The third kappa shape index (κ3) is 7.73. The number of nitrogens with zero attached hydrogens (tertiary/aromatic N) is 4. The predicted molar refractivity (Wildman–Crippen MR) is 169 cm³/mol. The fourth-order valence-electron chi connectivity index (χ4n) is 4.07. The topological polar surface area (TPSA) is 99.9 Å². The summed E-state index contributed by atoms with van der Waals surface area (Å²) < 4.78 is 18.5. The number of amides is 1. The Labute approximate surface area is 258 Å². The second-order valence-corrected chi connectivity index (χ2v) is 10.5. The molecular formula is C32H28ClN5O4S. The SMILES string of the molecule is COc1ccc(-c2nnc(SCC(=O)N/N=C/c3ccc(OCc4ccccc4)c(OC)c3)n2-c2ccc(Cl)cc2)cc1. The fraction of sp³-hybridized carbons (Fsp3) is 0.125. The molecule has 218 valence electrons. The van der Waals surface area contributed by atoms with Crippen molar-refractivity contribution in [1.82, 2.24) is 20.2 Å². The highest BCUT2D eigenvalue weighted by Crippen LogP contribution is 2.30. The van der Waals surface area contributed by atoms with Gasteiger partial charge in [0.2, 0.25) is 0 Å². The van der Waals surface area contributed by atoms with Crippen molar-refractivity contribution in [3.8, 4) is 34.3 Å². The predicted octanol–water partition coefficient (Wildman–Crippen LogP) is 6.43. The number of aromatic nitrogens is 3. The number of ether oxygens (including phenoxy) is 3. The smallest absolute Gasteiger partial charge is 0.250 e. The molecule has 0 radical (unpaired) electrons. The third-order valence-electron chi connectivity index (χ3n) is 6.23. The molecule has 0 unspecified atom stereocenters. The van der Waals surface area contributed by atoms with Gasteiger partial charge in [0.25, 0.3) is 5.91 Å². The van der Waals surface area contributed by atoms with Crippen molar-refractivity contribution >= 4 is 35.5 Å². The number of carbonyl (C=O) groups is 1. The first kappa shape index (κ1) is 29.7. The largest absolute Gasteiger partial charge is 0.497 e. The molecule has 0 atom stereocenters. The first-order chi connectivity index (χ1) is 21.0. The zero-order valence-electron chi connectivity index (χ0n) is 23.4. The molecule has 1 N–H and O–H groups in total. The number of hydrogen-bond donors (Lipinski definition) is 1. The molecule has 5 rings (SSSR count). The number of halogens is 1. The van der Waals surface area contributed by atoms with Gasteiger partial charge in [-0.1, -0.05) is 53.7 Å². The van der Waals surface area contributed by atoms with E-state index in [1.165, 1.54) is 11.8 Å². The molecule has 0 saturated carbocycles. The van der Waals surface area contributed by atoms with E-state index in [1.807, 2.05) is 83.4 Å². The summed E-state index contributed by atoms with van der Waals surface area (Å²) >= 11 is 7.37. The van der Waals surface area contributed by atoms with Gasteiger partial charge < -0.3 is 14.2 Å². The van der Waals surface area contributed by atoms with Gasteiger partial charge in [0, 0.05) is 16.3 Å². The molecule has 0 aliphatic heterocycles. The van der Waals surface area contributed by atoms with Crippen LogP contribution in [0.2, 0.25) is 5.02 Å². The van der Waals surface area contributed by atoms with Gasteiger partial charge in [-0.15, -0.1) is 10.2 Å². The number of hydrazone groups is 1. The lowest BCUT2D eigenvalue weighted by atomic mass is 10.2. The van der Waals surface area contributed by atoms with Crippen LogP contribution in [0.1, 0.15) is 11.1 Å². The maximum Gasteiger partial charge on any atom is 0.250 e. The van der Waals surface area contributed by atoms with Gasteiger partial charge in [0.05, 0.1) is 26.2 Å². The summed E-state index contributed by atoms with van der Waals surface area (Å²) in [5, 5.41) is 14.0. The summed E-state index contributed by atoms with van der Waals surface area (Å²) in [6, 6.07) is 30.2. The molecule has 0 bridgehead atoms. The van der Waals surface area contributed by atoms with Crippen LogP contribution in [-0.4, -0.2) is 46.9 Å². The van der Waals surface area contributed by atoms with Crippen LogP contribution in [-0.2, 0) is 11.4 Å². The van der Waals surface area contributed by atoms with E-state index in [2.05, 4.69) is 20.7 Å². The van der Waals surface area contributed by atoms with E-state index in [0.717, 1.165) is 28.1 Å². The summed E-state index contributed by atoms with van der Waals surface area (Å²) in [5.74, 6) is 2.31. The molecule has 9 nitrogen and oxygen atoms in total. The first-order valence-electron chi connectivity index (χ1n) is 13.2. The number of carbonyl (C=O) groups excluding carboxylic acids is 1. The fourth-order valence-corrected chi connectivity index (χ4v) is 4.94. The highest BCUT2D eigenvalue weighted by Gasteiger charge is 2.17. The second kappa shape index (κ2) is 14.4. The number of methoxy groups -OCH3 is 2. The minimum atomic E-state index is -0.298. The molecule has 11 heteroatoms. The summed E-state index contributed by atoms with van der Waals surface area (Å²) in [6.07, 6.45) is 1.55. The summed E-state index contributed by atoms with van der Waals surface area (Å²) in [6.45, 7) is 0.422. The maximum absolute atomic E-state index is 12.7. The summed E-state index contributed by atoms with van der Waals surface area (Å²) in [4.78, 5) is 12.7. The standard InChI is InChI=1S/C32H28ClN5O4S/c1-40-27-15-9-24(10-16-27)31-36-37-32(38(31)26-13-11-25(33)12-14-26)43-21-30(39)35-34-19-23-8-17-28(29(18-23)41-2)42-20-22-6-4-3-5-7-22/h3-19H,20-21H2,1-2H3,(H,35,39)/b34-19+. The van der Waals surface area contributed by atoms with E-state index in [0.29, 0.717) is 34.1 Å². The Morgan fingerprint density at radius 2 is 1.70 bits per heavy atom. The quantitative estimate of drug-likeness (QED) is 0.0984. The maximum atomic E-state index is 12.7. The first-order valence-corrected chi connectivity index (χ1v) is 14.6. The Kier molecular flexibility index (Phi) is 9.94. The number of nitrogens with one attached hydrogen (secondary N) is 1. The highest BCUT2D eigenvalue weighted by atomic mass is 35.5. The highest BCUT2D eigenvalue weighted by molar-refractivity contribution is 7.99. The second-order valence-electron chi connectivity index (χ2n) is 9.11. The molecule has 4 aromatic carbocycles. The lowest BCUT2D eigenvalue weighted by Crippen LogP contribution is -2.20. The van der Waals surface area contributed by atoms with Crippen LogP contribution in [0.25, 0.3) is 17.1 Å². The number of rotatable bonds is 12. The van der Waals surface area contributed by atoms with Gasteiger partial charge in [-0.2, -0.15) is 5.10 Å². The van der Waals surface area contributed by atoms with E-state index in [4.69, 9.17) is 25.8 Å². The van der Waals surface area contributed by atoms with Crippen molar-refractivity contribution in [1.29, 1.82) is 0 Å². The molecule has 1 heterocycles. The molecule has 0 aliphatic carbocycles. The lowest BCUT2D eigenvalue weighted by Gasteiger charge is -2.11. The Bertz CT molecular complexity index is 1690. The third-order valence-corrected chi connectivity index (χ3v) is 7.41. The van der Waals surface area contributed by atoms with Crippen molar-refractivity contribution in [3.63, 3.8) is 0 Å².